The number of allylic oxidation sites excluding steroid dienone is 1. The van der Waals surface area contributed by atoms with E-state index in [0.29, 0.717) is 18.9 Å². The van der Waals surface area contributed by atoms with Crippen LogP contribution in [0, 0.1) is 0 Å². The van der Waals surface area contributed by atoms with E-state index in [4.69, 9.17) is 9.47 Å². The number of hydrogen-bond donors (Lipinski definition) is 2. The summed E-state index contributed by atoms with van der Waals surface area (Å²) in [6, 6.07) is 3.63. The van der Waals surface area contributed by atoms with Gasteiger partial charge in [-0.1, -0.05) is 19.9 Å². The number of fused-ring (bicyclic) bond motifs is 1. The number of halogens is 3. The van der Waals surface area contributed by atoms with Gasteiger partial charge in [0.05, 0.1) is 16.3 Å². The second-order valence-corrected chi connectivity index (χ2v) is 6.51. The zero-order chi connectivity index (χ0) is 20.6. The molecule has 5 nitrogen and oxygen atoms in total. The molecule has 28 heavy (non-hydrogen) atoms. The number of aromatic nitrogens is 1. The Balaban J connectivity index is 0.00000136. The first-order valence-electron chi connectivity index (χ1n) is 9.04. The third-order valence-electron chi connectivity index (χ3n) is 3.74. The van der Waals surface area contributed by atoms with Gasteiger partial charge in [0.1, 0.15) is 13.2 Å². The topological polar surface area (TPSA) is 55.4 Å². The van der Waals surface area contributed by atoms with Gasteiger partial charge in [0.15, 0.2) is 11.5 Å². The van der Waals surface area contributed by atoms with Gasteiger partial charge in [-0.05, 0) is 37.5 Å². The summed E-state index contributed by atoms with van der Waals surface area (Å²) in [5.74, 6) is 1.59. The maximum absolute atomic E-state index is 12.3. The molecule has 0 bridgehead atoms. The van der Waals surface area contributed by atoms with E-state index in [1.807, 2.05) is 25.3 Å². The molecule has 1 aliphatic heterocycles. The summed E-state index contributed by atoms with van der Waals surface area (Å²) >= 11 is 1.59. The Hall–Kier alpha value is -2.26. The monoisotopic (exact) mass is 415 g/mol. The second-order valence-electron chi connectivity index (χ2n) is 5.55. The van der Waals surface area contributed by atoms with Crippen LogP contribution >= 0.6 is 11.3 Å². The van der Waals surface area contributed by atoms with Gasteiger partial charge >= 0.3 is 6.30 Å². The molecule has 0 aromatic carbocycles. The minimum atomic E-state index is -4.52. The molecule has 2 aromatic rings. The first kappa shape index (κ1) is 22.0. The SMILES string of the molecule is C/C=C(\NNC(F)(F)F)c1cc(CCc2scc3c2OCCO3)ccn1.CC. The molecule has 3 rings (SSSR count). The van der Waals surface area contributed by atoms with Gasteiger partial charge in [-0.2, -0.15) is 13.2 Å². The molecule has 0 aliphatic carbocycles. The van der Waals surface area contributed by atoms with Crippen LogP contribution in [0.15, 0.2) is 29.8 Å². The van der Waals surface area contributed by atoms with E-state index in [1.54, 1.807) is 30.5 Å². The van der Waals surface area contributed by atoms with Crippen molar-refractivity contribution in [3.05, 3.63) is 45.9 Å². The van der Waals surface area contributed by atoms with Crippen LogP contribution in [0.2, 0.25) is 0 Å². The number of thiophene rings is 1. The predicted molar refractivity (Wildman–Crippen MR) is 104 cm³/mol. The Labute approximate surface area is 166 Å². The highest BCUT2D eigenvalue weighted by molar-refractivity contribution is 7.10. The first-order chi connectivity index (χ1) is 13.5. The molecule has 0 saturated carbocycles. The highest BCUT2D eigenvalue weighted by Crippen LogP contribution is 2.39. The largest absolute Gasteiger partial charge is 0.485 e. The minimum Gasteiger partial charge on any atom is -0.485 e. The normalized spacial score (nSPS) is 13.6. The van der Waals surface area contributed by atoms with E-state index in [1.165, 1.54) is 11.5 Å². The van der Waals surface area contributed by atoms with E-state index in [2.05, 4.69) is 10.4 Å². The number of alkyl halides is 3. The maximum atomic E-state index is 12.3. The van der Waals surface area contributed by atoms with Crippen LogP contribution in [-0.2, 0) is 12.8 Å². The molecule has 0 spiro atoms. The number of rotatable bonds is 6. The van der Waals surface area contributed by atoms with Crippen molar-refractivity contribution in [1.29, 1.82) is 0 Å². The highest BCUT2D eigenvalue weighted by atomic mass is 32.1. The fraction of sp³-hybridized carbons (Fsp3) is 0.421. The summed E-state index contributed by atoms with van der Waals surface area (Å²) in [5, 5.41) is 1.94. The summed E-state index contributed by atoms with van der Waals surface area (Å²) < 4.78 is 48.2. The van der Waals surface area contributed by atoms with Gasteiger partial charge in [0, 0.05) is 11.6 Å². The molecule has 0 amide bonds. The molecular weight excluding hydrogens is 391 g/mol. The summed E-state index contributed by atoms with van der Waals surface area (Å²) in [6.07, 6.45) is 0.0760. The van der Waals surface area contributed by atoms with Crippen LogP contribution in [0.1, 0.15) is 36.9 Å². The zero-order valence-corrected chi connectivity index (χ0v) is 16.8. The van der Waals surface area contributed by atoms with Crippen molar-refractivity contribution in [1.82, 2.24) is 15.8 Å². The van der Waals surface area contributed by atoms with Crippen LogP contribution in [0.25, 0.3) is 5.70 Å². The number of aryl methyl sites for hydroxylation is 2. The van der Waals surface area contributed by atoms with Crippen molar-refractivity contribution in [3.63, 3.8) is 0 Å². The molecule has 0 saturated heterocycles. The van der Waals surface area contributed by atoms with Gasteiger partial charge in [-0.3, -0.25) is 4.98 Å². The predicted octanol–water partition coefficient (Wildman–Crippen LogP) is 4.70. The van der Waals surface area contributed by atoms with Gasteiger partial charge in [-0.15, -0.1) is 16.8 Å². The van der Waals surface area contributed by atoms with Crippen LogP contribution in [0.5, 0.6) is 11.5 Å². The third-order valence-corrected chi connectivity index (χ3v) is 4.75. The number of nitrogens with zero attached hydrogens (tertiary/aromatic N) is 1. The van der Waals surface area contributed by atoms with Crippen LogP contribution in [-0.4, -0.2) is 24.5 Å². The van der Waals surface area contributed by atoms with E-state index < -0.39 is 6.30 Å². The van der Waals surface area contributed by atoms with E-state index in [-0.39, 0.29) is 5.70 Å². The highest BCUT2D eigenvalue weighted by Gasteiger charge is 2.27. The molecule has 9 heteroatoms. The molecule has 3 heterocycles. The molecule has 2 N–H and O–H groups in total. The average Bonchev–Trinajstić information content (AvgIpc) is 3.11. The van der Waals surface area contributed by atoms with E-state index in [0.717, 1.165) is 34.8 Å². The molecule has 1 aliphatic rings. The number of hydrogen-bond acceptors (Lipinski definition) is 6. The summed E-state index contributed by atoms with van der Waals surface area (Å²) in [4.78, 5) is 5.24. The lowest BCUT2D eigenvalue weighted by molar-refractivity contribution is -0.163. The third kappa shape index (κ3) is 6.13. The van der Waals surface area contributed by atoms with Crippen molar-refractivity contribution in [2.75, 3.05) is 13.2 Å². The molecule has 0 unspecified atom stereocenters. The van der Waals surface area contributed by atoms with Crippen LogP contribution in [0.3, 0.4) is 0 Å². The number of pyridine rings is 1. The van der Waals surface area contributed by atoms with Crippen LogP contribution in [0.4, 0.5) is 13.2 Å². The lowest BCUT2D eigenvalue weighted by atomic mass is 10.1. The standard InChI is InChI=1S/C17H18F3N3O2S.C2H6/c1-2-12(22-23-17(18,19)20)13-9-11(5-6-21-13)3-4-15-16-14(10-26-15)24-7-8-25-16;1-2/h2,5-6,9-10,22-23H,3-4,7-8H2,1H3;1-2H3/b12-2-;. The molecule has 0 atom stereocenters. The van der Waals surface area contributed by atoms with Gasteiger partial charge in [-0.25, -0.2) is 0 Å². The van der Waals surface area contributed by atoms with Crippen molar-refractivity contribution >= 4 is 17.0 Å². The summed E-state index contributed by atoms with van der Waals surface area (Å²) in [7, 11) is 0. The summed E-state index contributed by atoms with van der Waals surface area (Å²) in [5.41, 5.74) is 5.12. The first-order valence-corrected chi connectivity index (χ1v) is 9.91. The Morgan fingerprint density at radius 2 is 2.00 bits per heavy atom. The number of ether oxygens (including phenoxy) is 2. The molecule has 0 radical (unpaired) electrons. The Kier molecular flexibility index (Phi) is 8.13. The Bertz CT molecular complexity index is 791. The quantitative estimate of drug-likeness (QED) is 0.529. The fourth-order valence-electron chi connectivity index (χ4n) is 2.55. The molecule has 2 aromatic heterocycles. The van der Waals surface area contributed by atoms with E-state index in [9.17, 15) is 13.2 Å². The number of hydrazine groups is 1. The van der Waals surface area contributed by atoms with E-state index >= 15 is 0 Å². The Morgan fingerprint density at radius 1 is 1.25 bits per heavy atom. The van der Waals surface area contributed by atoms with Crippen molar-refractivity contribution in [2.45, 2.75) is 39.9 Å². The van der Waals surface area contributed by atoms with Gasteiger partial charge in [0.25, 0.3) is 0 Å². The van der Waals surface area contributed by atoms with Crippen molar-refractivity contribution in [3.8, 4) is 11.5 Å². The van der Waals surface area contributed by atoms with Gasteiger partial charge < -0.3 is 14.9 Å². The van der Waals surface area contributed by atoms with Gasteiger partial charge in [0.2, 0.25) is 0 Å². The van der Waals surface area contributed by atoms with Crippen LogP contribution < -0.4 is 20.3 Å². The smallest absolute Gasteiger partial charge is 0.474 e. The average molecular weight is 415 g/mol. The van der Waals surface area contributed by atoms with Crippen molar-refractivity contribution in [2.24, 2.45) is 0 Å². The Morgan fingerprint density at radius 3 is 2.71 bits per heavy atom. The molecule has 0 fully saturated rings. The lowest BCUT2D eigenvalue weighted by Gasteiger charge is -2.16. The second kappa shape index (κ2) is 10.3. The lowest BCUT2D eigenvalue weighted by Crippen LogP contribution is -2.42. The minimum absolute atomic E-state index is 0.259. The fourth-order valence-corrected chi connectivity index (χ4v) is 3.46. The number of nitrogens with one attached hydrogen (secondary N) is 2. The maximum Gasteiger partial charge on any atom is 0.474 e. The van der Waals surface area contributed by atoms with Crippen molar-refractivity contribution < 1.29 is 22.6 Å². The molecular formula is C19H24F3N3O2S. The summed E-state index contributed by atoms with van der Waals surface area (Å²) in [6.45, 7) is 6.74. The molecule has 154 valence electrons. The zero-order valence-electron chi connectivity index (χ0n) is 16.0.